The first-order valence-corrected chi connectivity index (χ1v) is 12.8. The maximum absolute atomic E-state index is 11.1. The summed E-state index contributed by atoms with van der Waals surface area (Å²) >= 11 is 0. The number of hydrogen-bond acceptors (Lipinski definition) is 3. The van der Waals surface area contributed by atoms with Gasteiger partial charge >= 0.3 is 0 Å². The first-order chi connectivity index (χ1) is 13.9. The molecule has 0 aromatic heterocycles. The van der Waals surface area contributed by atoms with Crippen LogP contribution in [0.25, 0.3) is 4.72 Å². The van der Waals surface area contributed by atoms with Gasteiger partial charge in [0.15, 0.2) is 0 Å². The summed E-state index contributed by atoms with van der Waals surface area (Å²) in [7, 11) is -3.68. The zero-order valence-corrected chi connectivity index (χ0v) is 19.6. The van der Waals surface area contributed by atoms with Crippen molar-refractivity contribution in [3.8, 4) is 0 Å². The number of sulfonamides is 1. The van der Waals surface area contributed by atoms with E-state index in [9.17, 15) is 13.2 Å². The van der Waals surface area contributed by atoms with Crippen LogP contribution in [-0.4, -0.2) is 45.0 Å². The monoisotopic (exact) mass is 424 g/mol. The zero-order chi connectivity index (χ0) is 21.8. The summed E-state index contributed by atoms with van der Waals surface area (Å²) in [6, 6.07) is 5.99. The first-order valence-electron chi connectivity index (χ1n) is 11.3. The van der Waals surface area contributed by atoms with Gasteiger partial charge in [0.25, 0.3) is 0 Å². The minimum absolute atomic E-state index is 0.00926. The molecule has 1 aromatic carbocycles. The fourth-order valence-electron chi connectivity index (χ4n) is 3.72. The van der Waals surface area contributed by atoms with Gasteiger partial charge in [-0.2, -0.15) is 0 Å². The lowest BCUT2D eigenvalue weighted by Gasteiger charge is -2.39. The Kier molecular flexibility index (Phi) is 11.5. The van der Waals surface area contributed by atoms with Crippen molar-refractivity contribution in [1.82, 2.24) is 0 Å². The first kappa shape index (κ1) is 25.6. The summed E-state index contributed by atoms with van der Waals surface area (Å²) in [5, 5.41) is 0. The number of nitrogens with zero attached hydrogens (tertiary/aromatic N) is 2. The molecule has 0 fully saturated rings. The van der Waals surface area contributed by atoms with Crippen LogP contribution in [0.3, 0.4) is 0 Å². The van der Waals surface area contributed by atoms with E-state index in [0.717, 1.165) is 0 Å². The Labute approximate surface area is 178 Å². The molecule has 0 spiro atoms. The van der Waals surface area contributed by atoms with E-state index in [2.05, 4.69) is 32.4 Å². The van der Waals surface area contributed by atoms with Crippen molar-refractivity contribution < 1.29 is 17.7 Å². The van der Waals surface area contributed by atoms with E-state index in [-0.39, 0.29) is 10.5 Å². The molecule has 6 heteroatoms. The highest BCUT2D eigenvalue weighted by molar-refractivity contribution is 7.95. The predicted octanol–water partition coefficient (Wildman–Crippen LogP) is 5.91. The zero-order valence-electron chi connectivity index (χ0n) is 18.8. The van der Waals surface area contributed by atoms with E-state index in [1.807, 2.05) is 0 Å². The maximum atomic E-state index is 11.1. The number of carbonyl (C=O) groups excluding carboxylic acids is 1. The summed E-state index contributed by atoms with van der Waals surface area (Å²) in [6.07, 6.45) is 11.1. The van der Waals surface area contributed by atoms with Gasteiger partial charge in [-0.25, -0.2) is 8.42 Å². The second-order valence-electron chi connectivity index (χ2n) is 8.02. The van der Waals surface area contributed by atoms with Crippen molar-refractivity contribution in [2.45, 2.75) is 84.0 Å². The van der Waals surface area contributed by atoms with Crippen molar-refractivity contribution in [1.29, 1.82) is 0 Å². The van der Waals surface area contributed by atoms with E-state index in [4.69, 9.17) is 0 Å². The molecule has 1 amide bonds. The standard InChI is InChI=1S/C16H36N.C7H5NO3S/c1-5-9-13-17(14-10-6-2,15-11-7-3)16-12-8-4;9-7-5-3-1-2-4-6(5)12(10,11)8-7/h5-16H2,1-4H3;1-4H,(H,8,9)/q+1;/p-1. The third-order valence-corrected chi connectivity index (χ3v) is 6.86. The van der Waals surface area contributed by atoms with Gasteiger partial charge in [0.05, 0.1) is 37.0 Å². The smallest absolute Gasteiger partial charge is 0.126 e. The van der Waals surface area contributed by atoms with Gasteiger partial charge in [0, 0.05) is 5.56 Å². The van der Waals surface area contributed by atoms with Crippen LogP contribution in [0.1, 0.15) is 89.4 Å². The summed E-state index contributed by atoms with van der Waals surface area (Å²) < 4.78 is 26.6. The Bertz CT molecular complexity index is 679. The third-order valence-electron chi connectivity index (χ3n) is 5.54. The van der Waals surface area contributed by atoms with Crippen molar-refractivity contribution >= 4 is 15.9 Å². The Hall–Kier alpha value is -1.40. The fraction of sp³-hybridized carbons (Fsp3) is 0.696. The van der Waals surface area contributed by atoms with E-state index in [1.165, 1.54) is 94.2 Å². The van der Waals surface area contributed by atoms with Crippen molar-refractivity contribution in [2.24, 2.45) is 0 Å². The predicted molar refractivity (Wildman–Crippen MR) is 121 cm³/mol. The molecule has 0 unspecified atom stereocenters. The minimum atomic E-state index is -3.68. The van der Waals surface area contributed by atoms with Crippen LogP contribution < -0.4 is 0 Å². The number of carbonyl (C=O) groups is 1. The topological polar surface area (TPSA) is 65.3 Å². The molecule has 0 bridgehead atoms. The maximum Gasteiger partial charge on any atom is 0.126 e. The van der Waals surface area contributed by atoms with Crippen molar-refractivity contribution in [2.75, 3.05) is 26.2 Å². The molecule has 1 aromatic rings. The number of quaternary nitrogens is 1. The highest BCUT2D eigenvalue weighted by atomic mass is 32.2. The van der Waals surface area contributed by atoms with Crippen LogP contribution in [0, 0.1) is 0 Å². The largest absolute Gasteiger partial charge is 0.537 e. The van der Waals surface area contributed by atoms with Gasteiger partial charge in [0.2, 0.25) is 0 Å². The van der Waals surface area contributed by atoms with Crippen LogP contribution >= 0.6 is 0 Å². The second kappa shape index (κ2) is 13.0. The number of amides is 1. The normalized spacial score (nSPS) is 14.7. The molecule has 5 nitrogen and oxygen atoms in total. The van der Waals surface area contributed by atoms with Gasteiger partial charge in [-0.3, -0.25) is 0 Å². The molecule has 0 saturated carbocycles. The van der Waals surface area contributed by atoms with Crippen molar-refractivity contribution in [3.05, 3.63) is 34.6 Å². The molecule has 1 aliphatic heterocycles. The average Bonchev–Trinajstić information content (AvgIpc) is 2.96. The quantitative estimate of drug-likeness (QED) is 0.392. The highest BCUT2D eigenvalue weighted by Crippen LogP contribution is 2.30. The van der Waals surface area contributed by atoms with Gasteiger partial charge < -0.3 is 14.0 Å². The molecule has 29 heavy (non-hydrogen) atoms. The lowest BCUT2D eigenvalue weighted by molar-refractivity contribution is -0.929. The van der Waals surface area contributed by atoms with E-state index >= 15 is 0 Å². The Morgan fingerprint density at radius 3 is 1.55 bits per heavy atom. The van der Waals surface area contributed by atoms with Crippen LogP contribution in [0.15, 0.2) is 29.2 Å². The summed E-state index contributed by atoms with van der Waals surface area (Å²) in [4.78, 5) is 10.9. The number of benzene rings is 1. The van der Waals surface area contributed by atoms with Crippen LogP contribution in [0.5, 0.6) is 0 Å². The lowest BCUT2D eigenvalue weighted by Crippen LogP contribution is -2.50. The lowest BCUT2D eigenvalue weighted by atomic mass is 10.1. The summed E-state index contributed by atoms with van der Waals surface area (Å²) in [5.41, 5.74) is 0.164. The molecule has 0 aliphatic carbocycles. The molecule has 2 rings (SSSR count). The fourth-order valence-corrected chi connectivity index (χ4v) is 4.82. The van der Waals surface area contributed by atoms with Crippen LogP contribution in [-0.2, 0) is 10.0 Å². The minimum Gasteiger partial charge on any atom is -0.537 e. The molecule has 166 valence electrons. The molecular formula is C23H40N2O3S. The van der Waals surface area contributed by atoms with Crippen LogP contribution in [0.2, 0.25) is 0 Å². The Balaban J connectivity index is 0.000000304. The molecule has 0 saturated heterocycles. The molecule has 1 heterocycles. The highest BCUT2D eigenvalue weighted by Gasteiger charge is 2.24. The van der Waals surface area contributed by atoms with E-state index in [1.54, 1.807) is 12.1 Å². The number of fused-ring (bicyclic) bond motifs is 1. The van der Waals surface area contributed by atoms with Gasteiger partial charge in [-0.1, -0.05) is 71.6 Å². The number of unbranched alkanes of at least 4 members (excludes halogenated alkanes) is 4. The SMILES string of the molecule is CCCC[N+](CCCC)(CCCC)CCCC.O=C1[N-]S(=O)(=O)c2ccccc21. The molecule has 0 N–H and O–H groups in total. The van der Waals surface area contributed by atoms with Crippen molar-refractivity contribution in [3.63, 3.8) is 0 Å². The third kappa shape index (κ3) is 8.09. The Morgan fingerprint density at radius 2 is 1.17 bits per heavy atom. The Morgan fingerprint density at radius 1 is 0.759 bits per heavy atom. The van der Waals surface area contributed by atoms with Gasteiger partial charge in [-0.15, -0.1) is 0 Å². The average molecular weight is 425 g/mol. The van der Waals surface area contributed by atoms with E-state index < -0.39 is 15.9 Å². The van der Waals surface area contributed by atoms with Crippen LogP contribution in [0.4, 0.5) is 0 Å². The molecule has 1 aliphatic rings. The molecule has 0 radical (unpaired) electrons. The van der Waals surface area contributed by atoms with Gasteiger partial charge in [0.1, 0.15) is 10.0 Å². The second-order valence-corrected chi connectivity index (χ2v) is 9.59. The number of hydrogen-bond donors (Lipinski definition) is 0. The summed E-state index contributed by atoms with van der Waals surface area (Å²) in [5.74, 6) is -0.675. The summed E-state index contributed by atoms with van der Waals surface area (Å²) in [6.45, 7) is 15.0. The van der Waals surface area contributed by atoms with E-state index in [0.29, 0.717) is 0 Å². The number of rotatable bonds is 12. The molecular weight excluding hydrogens is 384 g/mol. The molecule has 0 atom stereocenters. The van der Waals surface area contributed by atoms with Gasteiger partial charge in [-0.05, 0) is 31.7 Å².